The van der Waals surface area contributed by atoms with Gasteiger partial charge in [0, 0.05) is 56.6 Å². The molecule has 0 aliphatic heterocycles. The summed E-state index contributed by atoms with van der Waals surface area (Å²) in [4.78, 5) is 25.5. The molecular formula is C21H21Cl2N3O2S. The molecular weight excluding hydrogens is 429 g/mol. The first-order valence-electron chi connectivity index (χ1n) is 9.17. The number of carbonyl (C=O) groups excluding carboxylic acids is 1. The molecule has 0 radical (unpaired) electrons. The lowest BCUT2D eigenvalue weighted by atomic mass is 9.99. The quantitative estimate of drug-likeness (QED) is 0.423. The Bertz CT molecular complexity index is 958. The number of hydrogen-bond acceptors (Lipinski definition) is 5. The molecule has 0 amide bonds. The van der Waals surface area contributed by atoms with Crippen LogP contribution >= 0.6 is 35.0 Å². The number of H-pyrrole nitrogens is 1. The van der Waals surface area contributed by atoms with Gasteiger partial charge < -0.3 is 9.72 Å². The molecule has 0 saturated heterocycles. The average Bonchev–Trinajstić information content (AvgIpc) is 3.17. The van der Waals surface area contributed by atoms with Crippen LogP contribution in [-0.2, 0) is 22.6 Å². The fourth-order valence-electron chi connectivity index (χ4n) is 2.94. The van der Waals surface area contributed by atoms with Crippen LogP contribution in [0.2, 0.25) is 10.0 Å². The number of benzene rings is 1. The number of carbonyl (C=O) groups is 1. The molecule has 0 saturated carbocycles. The van der Waals surface area contributed by atoms with Gasteiger partial charge in [-0.1, -0.05) is 48.8 Å². The van der Waals surface area contributed by atoms with Gasteiger partial charge >= 0.3 is 5.97 Å². The van der Waals surface area contributed by atoms with Gasteiger partial charge in [0.1, 0.15) is 12.4 Å². The van der Waals surface area contributed by atoms with Gasteiger partial charge in [-0.05, 0) is 29.7 Å². The van der Waals surface area contributed by atoms with E-state index >= 15 is 0 Å². The number of pyridine rings is 1. The zero-order valence-electron chi connectivity index (χ0n) is 16.1. The van der Waals surface area contributed by atoms with Crippen molar-refractivity contribution in [1.29, 1.82) is 0 Å². The fourth-order valence-corrected chi connectivity index (χ4v) is 4.82. The largest absolute Gasteiger partial charge is 0.461 e. The standard InChI is InChI=1S/C21H21Cl2N3O2S/c1-13(2)21-14(12-28-20(27)4-3-19-25-5-6-26-19)10-24-11-18(21)29-17-8-15(22)7-16(23)9-17/h5-11,13H,3-4,12H2,1-2H3,(H,25,26). The minimum Gasteiger partial charge on any atom is -0.461 e. The lowest BCUT2D eigenvalue weighted by molar-refractivity contribution is -0.144. The van der Waals surface area contributed by atoms with Gasteiger partial charge in [0.25, 0.3) is 0 Å². The molecule has 0 bridgehead atoms. The molecule has 1 aromatic carbocycles. The SMILES string of the molecule is CC(C)c1c(COC(=O)CCc2ncc[nH]2)cncc1Sc1cc(Cl)cc(Cl)c1. The van der Waals surface area contributed by atoms with E-state index < -0.39 is 0 Å². The van der Waals surface area contributed by atoms with Crippen molar-refractivity contribution in [3.63, 3.8) is 0 Å². The van der Waals surface area contributed by atoms with Crippen molar-refractivity contribution in [2.75, 3.05) is 0 Å². The number of halogens is 2. The van der Waals surface area contributed by atoms with Gasteiger partial charge in [-0.2, -0.15) is 0 Å². The Morgan fingerprint density at radius 1 is 1.21 bits per heavy atom. The van der Waals surface area contributed by atoms with Gasteiger partial charge in [0.2, 0.25) is 0 Å². The van der Waals surface area contributed by atoms with E-state index in [1.165, 1.54) is 0 Å². The summed E-state index contributed by atoms with van der Waals surface area (Å²) >= 11 is 13.8. The molecule has 3 aromatic rings. The second kappa shape index (κ2) is 10.1. The van der Waals surface area contributed by atoms with Crippen LogP contribution in [0.3, 0.4) is 0 Å². The van der Waals surface area contributed by atoms with Crippen LogP contribution in [0, 0.1) is 0 Å². The highest BCUT2D eigenvalue weighted by molar-refractivity contribution is 7.99. The highest BCUT2D eigenvalue weighted by Crippen LogP contribution is 2.37. The number of rotatable bonds is 8. The number of nitrogens with zero attached hydrogens (tertiary/aromatic N) is 2. The summed E-state index contributed by atoms with van der Waals surface area (Å²) in [6.07, 6.45) is 7.76. The summed E-state index contributed by atoms with van der Waals surface area (Å²) in [6, 6.07) is 5.43. The minimum absolute atomic E-state index is 0.183. The molecule has 5 nitrogen and oxygen atoms in total. The van der Waals surface area contributed by atoms with Gasteiger partial charge in [0.05, 0.1) is 6.42 Å². The topological polar surface area (TPSA) is 67.9 Å². The van der Waals surface area contributed by atoms with Gasteiger partial charge in [-0.15, -0.1) is 0 Å². The highest BCUT2D eigenvalue weighted by atomic mass is 35.5. The van der Waals surface area contributed by atoms with Crippen LogP contribution < -0.4 is 0 Å². The molecule has 0 atom stereocenters. The summed E-state index contributed by atoms with van der Waals surface area (Å²) < 4.78 is 5.49. The van der Waals surface area contributed by atoms with Crippen molar-refractivity contribution < 1.29 is 9.53 Å². The fraction of sp³-hybridized carbons (Fsp3) is 0.286. The second-order valence-electron chi connectivity index (χ2n) is 6.77. The molecule has 2 heterocycles. The number of nitrogens with one attached hydrogen (secondary N) is 1. The monoisotopic (exact) mass is 449 g/mol. The van der Waals surface area contributed by atoms with Crippen molar-refractivity contribution in [1.82, 2.24) is 15.0 Å². The van der Waals surface area contributed by atoms with Gasteiger partial charge in [-0.3, -0.25) is 9.78 Å². The maximum atomic E-state index is 12.1. The van der Waals surface area contributed by atoms with Crippen molar-refractivity contribution >= 4 is 40.9 Å². The highest BCUT2D eigenvalue weighted by Gasteiger charge is 2.16. The number of aryl methyl sites for hydroxylation is 1. The predicted octanol–water partition coefficient (Wildman–Crippen LogP) is 6.06. The third-order valence-electron chi connectivity index (χ3n) is 4.18. The molecule has 152 valence electrons. The van der Waals surface area contributed by atoms with Crippen molar-refractivity contribution in [2.24, 2.45) is 0 Å². The van der Waals surface area contributed by atoms with E-state index in [0.29, 0.717) is 16.5 Å². The molecule has 1 N–H and O–H groups in total. The summed E-state index contributed by atoms with van der Waals surface area (Å²) in [5.41, 5.74) is 1.99. The summed E-state index contributed by atoms with van der Waals surface area (Å²) in [5, 5.41) is 1.17. The number of hydrogen-bond donors (Lipinski definition) is 1. The Labute approximate surface area is 184 Å². The number of imidazole rings is 1. The van der Waals surface area contributed by atoms with E-state index in [1.807, 2.05) is 18.3 Å². The number of esters is 1. The van der Waals surface area contributed by atoms with Crippen molar-refractivity contribution in [2.45, 2.75) is 49.0 Å². The van der Waals surface area contributed by atoms with Crippen LogP contribution in [0.5, 0.6) is 0 Å². The third-order valence-corrected chi connectivity index (χ3v) is 5.64. The average molecular weight is 450 g/mol. The van der Waals surface area contributed by atoms with Gasteiger partial charge in [-0.25, -0.2) is 4.98 Å². The Kier molecular flexibility index (Phi) is 7.58. The number of aromatic amines is 1. The maximum Gasteiger partial charge on any atom is 0.306 e. The minimum atomic E-state index is -0.268. The zero-order valence-corrected chi connectivity index (χ0v) is 18.4. The van der Waals surface area contributed by atoms with Crippen molar-refractivity contribution in [3.8, 4) is 0 Å². The third kappa shape index (κ3) is 6.23. The second-order valence-corrected chi connectivity index (χ2v) is 8.76. The van der Waals surface area contributed by atoms with E-state index in [4.69, 9.17) is 27.9 Å². The number of ether oxygens (including phenoxy) is 1. The van der Waals surface area contributed by atoms with E-state index in [0.717, 1.165) is 26.7 Å². The summed E-state index contributed by atoms with van der Waals surface area (Å²) in [6.45, 7) is 4.39. The van der Waals surface area contributed by atoms with E-state index in [-0.39, 0.29) is 24.9 Å². The van der Waals surface area contributed by atoms with Crippen LogP contribution in [0.15, 0.2) is 52.8 Å². The first kappa shape index (κ1) is 21.7. The van der Waals surface area contributed by atoms with E-state index in [1.54, 1.807) is 36.4 Å². The molecule has 2 aromatic heterocycles. The molecule has 0 unspecified atom stereocenters. The molecule has 0 aliphatic carbocycles. The Balaban J connectivity index is 1.71. The Morgan fingerprint density at radius 3 is 2.62 bits per heavy atom. The van der Waals surface area contributed by atoms with Crippen LogP contribution in [0.1, 0.15) is 43.1 Å². The first-order chi connectivity index (χ1) is 13.9. The zero-order chi connectivity index (χ0) is 20.8. The van der Waals surface area contributed by atoms with E-state index in [9.17, 15) is 4.79 Å². The first-order valence-corrected chi connectivity index (χ1v) is 10.7. The molecule has 0 spiro atoms. The van der Waals surface area contributed by atoms with Gasteiger partial charge in [0.15, 0.2) is 0 Å². The molecule has 29 heavy (non-hydrogen) atoms. The Hall–Kier alpha value is -2.02. The van der Waals surface area contributed by atoms with Crippen LogP contribution in [0.4, 0.5) is 0 Å². The Morgan fingerprint density at radius 2 is 1.97 bits per heavy atom. The van der Waals surface area contributed by atoms with E-state index in [2.05, 4.69) is 28.8 Å². The molecule has 0 fully saturated rings. The predicted molar refractivity (Wildman–Crippen MR) is 116 cm³/mol. The normalized spacial score (nSPS) is 11.1. The lowest BCUT2D eigenvalue weighted by Crippen LogP contribution is -2.09. The summed E-state index contributed by atoms with van der Waals surface area (Å²) in [5.74, 6) is 0.729. The lowest BCUT2D eigenvalue weighted by Gasteiger charge is -2.17. The number of aromatic nitrogens is 3. The van der Waals surface area contributed by atoms with Crippen molar-refractivity contribution in [3.05, 3.63) is 70.0 Å². The van der Waals surface area contributed by atoms with Crippen LogP contribution in [-0.4, -0.2) is 20.9 Å². The summed E-state index contributed by atoms with van der Waals surface area (Å²) in [7, 11) is 0. The smallest absolute Gasteiger partial charge is 0.306 e. The molecule has 8 heteroatoms. The molecule has 0 aliphatic rings. The molecule has 3 rings (SSSR count). The maximum absolute atomic E-state index is 12.1. The van der Waals surface area contributed by atoms with Crippen LogP contribution in [0.25, 0.3) is 0 Å².